The number of piperidine rings is 1. The number of aryl methyl sites for hydroxylation is 1. The lowest BCUT2D eigenvalue weighted by molar-refractivity contribution is -0.129. The number of likely N-dealkylation sites (tertiary alicyclic amines) is 1. The Balaban J connectivity index is 1.68. The molecule has 1 amide bonds. The number of carbonyl (C=O) groups is 1. The third-order valence-corrected chi connectivity index (χ3v) is 6.54. The molecule has 0 bridgehead atoms. The van der Waals surface area contributed by atoms with E-state index in [2.05, 4.69) is 40.9 Å². The first-order chi connectivity index (χ1) is 17.3. The van der Waals surface area contributed by atoms with E-state index < -0.39 is 0 Å². The Morgan fingerprint density at radius 3 is 2.64 bits per heavy atom. The van der Waals surface area contributed by atoms with Crippen molar-refractivity contribution in [2.24, 2.45) is 16.5 Å². The lowest BCUT2D eigenvalue weighted by Gasteiger charge is -2.32. The number of rotatable bonds is 6. The quantitative estimate of drug-likeness (QED) is 0.239. The minimum Gasteiger partial charge on any atom is -0.370 e. The molecule has 9 heteroatoms. The predicted molar refractivity (Wildman–Crippen MR) is 145 cm³/mol. The molecule has 1 aromatic carbocycles. The highest BCUT2D eigenvalue weighted by atomic mass is 16.2. The smallest absolute Gasteiger partial charge is 0.259 e. The summed E-state index contributed by atoms with van der Waals surface area (Å²) in [6.07, 6.45) is 6.59. The molecule has 9 nitrogen and oxygen atoms in total. The first kappa shape index (κ1) is 24.7. The van der Waals surface area contributed by atoms with Gasteiger partial charge in [-0.05, 0) is 66.5 Å². The van der Waals surface area contributed by atoms with Crippen molar-refractivity contribution in [3.63, 3.8) is 0 Å². The van der Waals surface area contributed by atoms with Gasteiger partial charge >= 0.3 is 0 Å². The Morgan fingerprint density at radius 1 is 1.25 bits per heavy atom. The van der Waals surface area contributed by atoms with Crippen molar-refractivity contribution in [3.05, 3.63) is 82.6 Å². The van der Waals surface area contributed by atoms with Gasteiger partial charge in [0.2, 0.25) is 5.91 Å². The summed E-state index contributed by atoms with van der Waals surface area (Å²) in [6, 6.07) is 9.80. The average molecular weight is 486 g/mol. The van der Waals surface area contributed by atoms with E-state index in [-0.39, 0.29) is 17.4 Å². The van der Waals surface area contributed by atoms with E-state index in [1.807, 2.05) is 17.0 Å². The summed E-state index contributed by atoms with van der Waals surface area (Å²) in [5.41, 5.74) is 15.1. The number of carbonyl (C=O) groups excluding carboxylic acids is 1. The summed E-state index contributed by atoms with van der Waals surface area (Å²) in [5, 5.41) is 4.50. The molecule has 0 aliphatic carbocycles. The van der Waals surface area contributed by atoms with Gasteiger partial charge in [-0.3, -0.25) is 9.59 Å². The van der Waals surface area contributed by atoms with Gasteiger partial charge in [-0.15, -0.1) is 0 Å². The van der Waals surface area contributed by atoms with Crippen molar-refractivity contribution in [3.8, 4) is 0 Å². The van der Waals surface area contributed by atoms with Gasteiger partial charge in [0.05, 0.1) is 11.1 Å². The predicted octanol–water partition coefficient (Wildman–Crippen LogP) is 3.50. The van der Waals surface area contributed by atoms with Crippen LogP contribution in [0.25, 0.3) is 16.3 Å². The van der Waals surface area contributed by atoms with Gasteiger partial charge in [-0.25, -0.2) is 9.98 Å². The number of allylic oxidation sites excluding steroid dienone is 2. The fourth-order valence-corrected chi connectivity index (χ4v) is 4.67. The highest BCUT2D eigenvalue weighted by Gasteiger charge is 2.23. The number of aromatic amines is 1. The van der Waals surface area contributed by atoms with E-state index in [4.69, 9.17) is 16.5 Å². The highest BCUT2D eigenvalue weighted by molar-refractivity contribution is 5.95. The number of hydrogen-bond donors (Lipinski definition) is 4. The molecule has 1 aliphatic heterocycles. The fourth-order valence-electron chi connectivity index (χ4n) is 4.67. The minimum absolute atomic E-state index is 0.0764. The van der Waals surface area contributed by atoms with Gasteiger partial charge in [0.15, 0.2) is 5.96 Å². The maximum atomic E-state index is 12.7. The normalized spacial score (nSPS) is 14.5. The molecular weight excluding hydrogens is 454 g/mol. The molecule has 0 spiro atoms. The van der Waals surface area contributed by atoms with Crippen LogP contribution in [-0.2, 0) is 4.79 Å². The first-order valence-corrected chi connectivity index (χ1v) is 11.8. The number of amides is 1. The number of benzene rings is 1. The molecule has 36 heavy (non-hydrogen) atoms. The maximum Gasteiger partial charge on any atom is 0.259 e. The Kier molecular flexibility index (Phi) is 7.19. The summed E-state index contributed by atoms with van der Waals surface area (Å²) in [6.45, 7) is 9.11. The number of nitrogens with two attached hydrogens (primary N) is 2. The Hall–Kier alpha value is -4.40. The number of aromatic nitrogens is 2. The lowest BCUT2D eigenvalue weighted by atomic mass is 9.86. The van der Waals surface area contributed by atoms with E-state index in [9.17, 15) is 9.59 Å². The number of nitrogens with one attached hydrogen (secondary N) is 2. The molecule has 3 heterocycles. The number of fused-ring (bicyclic) bond motifs is 1. The number of nitrogens with zero attached hydrogens (tertiary/aromatic N) is 3. The van der Waals surface area contributed by atoms with Crippen molar-refractivity contribution >= 4 is 39.7 Å². The maximum absolute atomic E-state index is 12.7. The van der Waals surface area contributed by atoms with E-state index >= 15 is 0 Å². The molecule has 3 aromatic rings. The van der Waals surface area contributed by atoms with E-state index in [1.165, 1.54) is 11.8 Å². The van der Waals surface area contributed by atoms with Gasteiger partial charge in [-0.2, -0.15) is 0 Å². The van der Waals surface area contributed by atoms with Crippen LogP contribution < -0.4 is 22.3 Å². The van der Waals surface area contributed by atoms with Crippen LogP contribution in [0, 0.1) is 6.92 Å². The van der Waals surface area contributed by atoms with Crippen molar-refractivity contribution in [1.29, 1.82) is 0 Å². The molecule has 1 saturated heterocycles. The second-order valence-electron chi connectivity index (χ2n) is 8.95. The van der Waals surface area contributed by atoms with Gasteiger partial charge in [0.1, 0.15) is 5.82 Å². The Bertz CT molecular complexity index is 1430. The number of aliphatic imine (C=N–C) groups is 1. The van der Waals surface area contributed by atoms with Crippen molar-refractivity contribution in [1.82, 2.24) is 14.9 Å². The van der Waals surface area contributed by atoms with Crippen molar-refractivity contribution in [2.45, 2.75) is 32.6 Å². The Labute approximate surface area is 209 Å². The zero-order chi connectivity index (χ0) is 25.8. The molecule has 1 aliphatic rings. The molecule has 186 valence electrons. The molecule has 0 radical (unpaired) electrons. The second-order valence-corrected chi connectivity index (χ2v) is 8.95. The summed E-state index contributed by atoms with van der Waals surface area (Å²) >= 11 is 0. The topological polar surface area (TPSA) is 142 Å². The number of hydrogen-bond acceptors (Lipinski definition) is 5. The van der Waals surface area contributed by atoms with Crippen molar-refractivity contribution < 1.29 is 4.79 Å². The van der Waals surface area contributed by atoms with Crippen LogP contribution in [0.2, 0.25) is 0 Å². The van der Waals surface area contributed by atoms with Gasteiger partial charge in [0.25, 0.3) is 5.56 Å². The van der Waals surface area contributed by atoms with E-state index in [1.54, 1.807) is 25.3 Å². The molecular formula is C27H31N7O2. The zero-order valence-corrected chi connectivity index (χ0v) is 20.5. The number of guanidine groups is 1. The largest absolute Gasteiger partial charge is 0.370 e. The first-order valence-electron chi connectivity index (χ1n) is 11.8. The molecule has 6 N–H and O–H groups in total. The summed E-state index contributed by atoms with van der Waals surface area (Å²) in [4.78, 5) is 37.7. The zero-order valence-electron chi connectivity index (χ0n) is 20.5. The second kappa shape index (κ2) is 10.5. The third-order valence-electron chi connectivity index (χ3n) is 6.54. The number of H-pyrrole nitrogens is 1. The van der Waals surface area contributed by atoms with Crippen LogP contribution in [0.1, 0.15) is 42.5 Å². The van der Waals surface area contributed by atoms with E-state index in [0.29, 0.717) is 33.8 Å². The Morgan fingerprint density at radius 2 is 2.00 bits per heavy atom. The van der Waals surface area contributed by atoms with Crippen LogP contribution in [0.15, 0.2) is 65.2 Å². The summed E-state index contributed by atoms with van der Waals surface area (Å²) in [7, 11) is 0. The average Bonchev–Trinajstić information content (AvgIpc) is 2.84. The van der Waals surface area contributed by atoms with Crippen LogP contribution >= 0.6 is 0 Å². The van der Waals surface area contributed by atoms with Crippen LogP contribution in [0.4, 0.5) is 11.5 Å². The monoisotopic (exact) mass is 485 g/mol. The fraction of sp³-hybridized carbons (Fsp3) is 0.259. The van der Waals surface area contributed by atoms with Crippen LogP contribution in [-0.4, -0.2) is 39.8 Å². The summed E-state index contributed by atoms with van der Waals surface area (Å²) < 4.78 is 0. The van der Waals surface area contributed by atoms with Gasteiger partial charge in [0, 0.05) is 43.7 Å². The standard InChI is InChI=1S/C27H31N7O2/c1-4-18(15-31-27(28)29)23-14-20-7-10-30-26(36)24(20)25(33-23)32-21-5-6-22(16(2)13-21)19-8-11-34(12-9-19)17(3)35/h4-7,10,13-15,19H,1,8-9,11-12H2,2-3H3,(H,30,36)(H,32,33)(H4,28,29,31)/b18-15+. The lowest BCUT2D eigenvalue weighted by Crippen LogP contribution is -2.36. The third kappa shape index (κ3) is 5.30. The molecule has 1 fully saturated rings. The minimum atomic E-state index is -0.243. The van der Waals surface area contributed by atoms with Gasteiger partial charge in [-0.1, -0.05) is 18.7 Å². The number of anilines is 2. The highest BCUT2D eigenvalue weighted by Crippen LogP contribution is 2.33. The molecule has 0 unspecified atom stereocenters. The molecule has 4 rings (SSSR count). The molecule has 0 atom stereocenters. The molecule has 2 aromatic heterocycles. The van der Waals surface area contributed by atoms with E-state index in [0.717, 1.165) is 37.2 Å². The summed E-state index contributed by atoms with van der Waals surface area (Å²) in [5.74, 6) is 0.890. The number of pyridine rings is 2. The van der Waals surface area contributed by atoms with Crippen LogP contribution in [0.5, 0.6) is 0 Å². The van der Waals surface area contributed by atoms with Gasteiger partial charge < -0.3 is 26.7 Å². The molecule has 0 saturated carbocycles. The van der Waals surface area contributed by atoms with Crippen LogP contribution in [0.3, 0.4) is 0 Å². The van der Waals surface area contributed by atoms with Crippen molar-refractivity contribution in [2.75, 3.05) is 18.4 Å². The SMILES string of the molecule is C=C/C(=C\N=C(N)N)c1cc2cc[nH]c(=O)c2c(Nc2ccc(C3CCN(C(C)=O)CC3)c(C)c2)n1.